The summed E-state index contributed by atoms with van der Waals surface area (Å²) in [5.74, 6) is 0.715. The van der Waals surface area contributed by atoms with E-state index in [-0.39, 0.29) is 6.10 Å². The lowest BCUT2D eigenvalue weighted by molar-refractivity contribution is 0.111. The Morgan fingerprint density at radius 3 is 3.29 bits per heavy atom. The largest absolute Gasteiger partial charge is 0.371 e. The van der Waals surface area contributed by atoms with Crippen LogP contribution < -0.4 is 0 Å². The summed E-state index contributed by atoms with van der Waals surface area (Å²) in [7, 11) is 0. The van der Waals surface area contributed by atoms with Gasteiger partial charge in [0, 0.05) is 17.9 Å². The van der Waals surface area contributed by atoms with Gasteiger partial charge in [-0.25, -0.2) is 4.98 Å². The molecular formula is C10H14ClNOS. The Hall–Kier alpha value is -0.120. The van der Waals surface area contributed by atoms with Crippen LogP contribution in [0.3, 0.4) is 0 Å². The van der Waals surface area contributed by atoms with Gasteiger partial charge >= 0.3 is 0 Å². The summed E-state index contributed by atoms with van der Waals surface area (Å²) < 4.78 is 5.58. The van der Waals surface area contributed by atoms with Crippen LogP contribution in [-0.4, -0.2) is 17.5 Å². The Balaban J connectivity index is 1.94. The number of nitrogens with zero attached hydrogens (tertiary/aromatic N) is 1. The monoisotopic (exact) mass is 231 g/mol. The molecule has 1 unspecified atom stereocenters. The molecule has 0 amide bonds. The van der Waals surface area contributed by atoms with Crippen molar-refractivity contribution < 1.29 is 4.74 Å². The fourth-order valence-electron chi connectivity index (χ4n) is 1.61. The number of rotatable bonds is 4. The van der Waals surface area contributed by atoms with Crippen molar-refractivity contribution in [1.29, 1.82) is 0 Å². The first-order valence-electron chi connectivity index (χ1n) is 5.02. The summed E-state index contributed by atoms with van der Waals surface area (Å²) in [6.45, 7) is 0.890. The first-order chi connectivity index (χ1) is 6.90. The van der Waals surface area contributed by atoms with Crippen LogP contribution in [0.2, 0.25) is 0 Å². The van der Waals surface area contributed by atoms with E-state index < -0.39 is 0 Å². The predicted molar refractivity (Wildman–Crippen MR) is 59.1 cm³/mol. The summed E-state index contributed by atoms with van der Waals surface area (Å²) in [6, 6.07) is 0. The number of hydrogen-bond donors (Lipinski definition) is 0. The van der Waals surface area contributed by atoms with Gasteiger partial charge in [-0.3, -0.25) is 0 Å². The van der Waals surface area contributed by atoms with E-state index in [1.54, 1.807) is 11.3 Å². The Morgan fingerprint density at radius 2 is 2.57 bits per heavy atom. The van der Waals surface area contributed by atoms with E-state index in [4.69, 9.17) is 16.3 Å². The van der Waals surface area contributed by atoms with Gasteiger partial charge in [-0.05, 0) is 25.7 Å². The smallest absolute Gasteiger partial charge is 0.122 e. The molecule has 0 aromatic carbocycles. The zero-order chi connectivity index (χ0) is 9.80. The molecule has 1 aromatic rings. The zero-order valence-electron chi connectivity index (χ0n) is 8.04. The molecule has 0 spiro atoms. The molecule has 78 valence electrons. The Kier molecular flexibility index (Phi) is 3.79. The highest BCUT2D eigenvalue weighted by atomic mass is 35.5. The lowest BCUT2D eigenvalue weighted by atomic mass is 10.2. The molecule has 0 saturated carbocycles. The first-order valence-corrected chi connectivity index (χ1v) is 6.43. The van der Waals surface area contributed by atoms with E-state index in [9.17, 15) is 0 Å². The number of hydrogen-bond acceptors (Lipinski definition) is 3. The third-order valence-electron chi connectivity index (χ3n) is 2.34. The highest BCUT2D eigenvalue weighted by Gasteiger charge is 2.20. The van der Waals surface area contributed by atoms with Crippen molar-refractivity contribution in [2.45, 2.75) is 31.8 Å². The molecule has 2 heterocycles. The van der Waals surface area contributed by atoms with E-state index in [1.807, 2.05) is 0 Å². The lowest BCUT2D eigenvalue weighted by Gasteiger charge is -2.03. The van der Waals surface area contributed by atoms with Crippen LogP contribution in [0.1, 0.15) is 36.1 Å². The van der Waals surface area contributed by atoms with Gasteiger partial charge < -0.3 is 4.74 Å². The standard InChI is InChI=1S/C10H14ClNOS/c11-5-1-3-8-7-14-10(12-8)9-4-2-6-13-9/h7,9H,1-6H2. The van der Waals surface area contributed by atoms with Crippen LogP contribution in [0.15, 0.2) is 5.38 Å². The molecule has 2 nitrogen and oxygen atoms in total. The summed E-state index contributed by atoms with van der Waals surface area (Å²) >= 11 is 7.35. The summed E-state index contributed by atoms with van der Waals surface area (Å²) in [5, 5.41) is 3.27. The Bertz CT molecular complexity index is 283. The molecule has 14 heavy (non-hydrogen) atoms. The minimum atomic E-state index is 0.268. The summed E-state index contributed by atoms with van der Waals surface area (Å²) in [5.41, 5.74) is 1.17. The molecule has 1 fully saturated rings. The Morgan fingerprint density at radius 1 is 1.64 bits per heavy atom. The number of halogens is 1. The number of aryl methyl sites for hydroxylation is 1. The predicted octanol–water partition coefficient (Wildman–Crippen LogP) is 3.17. The number of thiazole rings is 1. The SMILES string of the molecule is ClCCCc1csc(C2CCCO2)n1. The molecular weight excluding hydrogens is 218 g/mol. The maximum Gasteiger partial charge on any atom is 0.122 e. The van der Waals surface area contributed by atoms with E-state index in [2.05, 4.69) is 10.4 Å². The highest BCUT2D eigenvalue weighted by Crippen LogP contribution is 2.30. The van der Waals surface area contributed by atoms with Crippen LogP contribution in [0.4, 0.5) is 0 Å². The molecule has 0 bridgehead atoms. The molecule has 1 atom stereocenters. The summed E-state index contributed by atoms with van der Waals surface area (Å²) in [4.78, 5) is 4.56. The van der Waals surface area contributed by atoms with Gasteiger partial charge in [0.1, 0.15) is 11.1 Å². The molecule has 0 N–H and O–H groups in total. The van der Waals surface area contributed by atoms with Gasteiger partial charge in [-0.2, -0.15) is 0 Å². The van der Waals surface area contributed by atoms with Crippen LogP contribution in [-0.2, 0) is 11.2 Å². The fourth-order valence-corrected chi connectivity index (χ4v) is 2.67. The third-order valence-corrected chi connectivity index (χ3v) is 3.59. The van der Waals surface area contributed by atoms with Crippen molar-refractivity contribution in [2.24, 2.45) is 0 Å². The van der Waals surface area contributed by atoms with E-state index in [0.29, 0.717) is 5.88 Å². The number of alkyl halides is 1. The molecule has 2 rings (SSSR count). The van der Waals surface area contributed by atoms with Crippen molar-refractivity contribution >= 4 is 22.9 Å². The fraction of sp³-hybridized carbons (Fsp3) is 0.700. The molecule has 4 heteroatoms. The van der Waals surface area contributed by atoms with Gasteiger partial charge in [0.2, 0.25) is 0 Å². The zero-order valence-corrected chi connectivity index (χ0v) is 9.61. The van der Waals surface area contributed by atoms with Gasteiger partial charge in [0.25, 0.3) is 0 Å². The second-order valence-corrected chi connectivity index (χ2v) is 4.74. The van der Waals surface area contributed by atoms with Gasteiger partial charge in [-0.1, -0.05) is 0 Å². The molecule has 1 aliphatic rings. The normalized spacial score (nSPS) is 21.6. The third kappa shape index (κ3) is 2.47. The number of ether oxygens (including phenoxy) is 1. The molecule has 1 aliphatic heterocycles. The molecule has 0 radical (unpaired) electrons. The maximum atomic E-state index is 5.64. The van der Waals surface area contributed by atoms with E-state index in [1.165, 1.54) is 12.1 Å². The van der Waals surface area contributed by atoms with Crippen molar-refractivity contribution in [2.75, 3.05) is 12.5 Å². The molecule has 1 saturated heterocycles. The lowest BCUT2D eigenvalue weighted by Crippen LogP contribution is -1.95. The minimum Gasteiger partial charge on any atom is -0.371 e. The molecule has 0 aliphatic carbocycles. The van der Waals surface area contributed by atoms with E-state index >= 15 is 0 Å². The van der Waals surface area contributed by atoms with Crippen LogP contribution in [0.25, 0.3) is 0 Å². The van der Waals surface area contributed by atoms with Crippen molar-refractivity contribution in [3.63, 3.8) is 0 Å². The number of aromatic nitrogens is 1. The van der Waals surface area contributed by atoms with Gasteiger partial charge in [0.15, 0.2) is 0 Å². The van der Waals surface area contributed by atoms with E-state index in [0.717, 1.165) is 30.9 Å². The highest BCUT2D eigenvalue weighted by molar-refractivity contribution is 7.09. The Labute approximate surface area is 93.3 Å². The van der Waals surface area contributed by atoms with Crippen LogP contribution in [0.5, 0.6) is 0 Å². The van der Waals surface area contributed by atoms with Gasteiger partial charge in [-0.15, -0.1) is 22.9 Å². The van der Waals surface area contributed by atoms with Crippen molar-refractivity contribution in [3.8, 4) is 0 Å². The van der Waals surface area contributed by atoms with Crippen LogP contribution >= 0.6 is 22.9 Å². The molecule has 1 aromatic heterocycles. The summed E-state index contributed by atoms with van der Waals surface area (Å²) in [6.07, 6.45) is 4.57. The van der Waals surface area contributed by atoms with Crippen molar-refractivity contribution in [3.05, 3.63) is 16.1 Å². The second kappa shape index (κ2) is 5.10. The van der Waals surface area contributed by atoms with Crippen molar-refractivity contribution in [1.82, 2.24) is 4.98 Å². The second-order valence-electron chi connectivity index (χ2n) is 3.47. The maximum absolute atomic E-state index is 5.64. The van der Waals surface area contributed by atoms with Crippen LogP contribution in [0, 0.1) is 0 Å². The van der Waals surface area contributed by atoms with Gasteiger partial charge in [0.05, 0.1) is 5.69 Å². The topological polar surface area (TPSA) is 22.1 Å². The first kappa shape index (κ1) is 10.4. The quantitative estimate of drug-likeness (QED) is 0.743. The minimum absolute atomic E-state index is 0.268. The average molecular weight is 232 g/mol. The average Bonchev–Trinajstić information content (AvgIpc) is 2.85.